The molecular formula is C32H34F3N9. The molecule has 2 aromatic carbocycles. The predicted molar refractivity (Wildman–Crippen MR) is 161 cm³/mol. The number of aryl methyl sites for hydroxylation is 2. The van der Waals surface area contributed by atoms with E-state index < -0.39 is 11.7 Å². The normalized spacial score (nSPS) is 15.2. The summed E-state index contributed by atoms with van der Waals surface area (Å²) in [6, 6.07) is 16.2. The van der Waals surface area contributed by atoms with Crippen LogP contribution in [0.2, 0.25) is 0 Å². The molecule has 2 aliphatic carbocycles. The lowest BCUT2D eigenvalue weighted by Gasteiger charge is -2.29. The number of alkyl halides is 3. The lowest BCUT2D eigenvalue weighted by atomic mass is 10.1. The van der Waals surface area contributed by atoms with Gasteiger partial charge in [-0.25, -0.2) is 9.67 Å². The Kier molecular flexibility index (Phi) is 7.22. The van der Waals surface area contributed by atoms with E-state index in [1.54, 1.807) is 20.0 Å². The summed E-state index contributed by atoms with van der Waals surface area (Å²) in [6.45, 7) is 4.04. The van der Waals surface area contributed by atoms with Crippen molar-refractivity contribution in [1.29, 1.82) is 0 Å². The molecule has 228 valence electrons. The molecule has 2 aliphatic rings. The van der Waals surface area contributed by atoms with E-state index in [1.807, 2.05) is 46.1 Å². The molecule has 0 spiro atoms. The van der Waals surface area contributed by atoms with Gasteiger partial charge in [-0.1, -0.05) is 34.9 Å². The first-order valence-electron chi connectivity index (χ1n) is 15.0. The summed E-state index contributed by atoms with van der Waals surface area (Å²) in [6.07, 6.45) is 2.23. The summed E-state index contributed by atoms with van der Waals surface area (Å²) in [5.41, 5.74) is 3.03. The fourth-order valence-corrected chi connectivity index (χ4v) is 5.75. The van der Waals surface area contributed by atoms with E-state index in [4.69, 9.17) is 4.98 Å². The maximum atomic E-state index is 13.7. The van der Waals surface area contributed by atoms with Gasteiger partial charge in [-0.05, 0) is 85.6 Å². The quantitative estimate of drug-likeness (QED) is 0.181. The molecule has 0 atom stereocenters. The lowest BCUT2D eigenvalue weighted by Crippen LogP contribution is -2.32. The van der Waals surface area contributed by atoms with Crippen LogP contribution in [-0.4, -0.2) is 48.1 Å². The maximum absolute atomic E-state index is 13.7. The van der Waals surface area contributed by atoms with Crippen molar-refractivity contribution in [3.05, 3.63) is 83.0 Å². The maximum Gasteiger partial charge on any atom is 0.416 e. The Hall–Kier alpha value is -4.48. The molecule has 0 unspecified atom stereocenters. The molecule has 12 heteroatoms. The zero-order chi connectivity index (χ0) is 30.4. The average molecular weight is 602 g/mol. The predicted octanol–water partition coefficient (Wildman–Crippen LogP) is 6.10. The SMILES string of the molecule is Cc1cc(CN(Cc2cc3cnn(-c4ccccc4)c3nc2N(CC2CC2)CC2CC2)c2nnn(C)n2)cc(C(F)(F)F)c1. The molecule has 9 nitrogen and oxygen atoms in total. The van der Waals surface area contributed by atoms with Gasteiger partial charge in [-0.2, -0.15) is 23.1 Å². The second kappa shape index (κ2) is 11.2. The van der Waals surface area contributed by atoms with Crippen LogP contribution in [0.15, 0.2) is 60.8 Å². The summed E-state index contributed by atoms with van der Waals surface area (Å²) >= 11 is 0. The highest BCUT2D eigenvalue weighted by molar-refractivity contribution is 5.80. The number of nitrogens with zero attached hydrogens (tertiary/aromatic N) is 9. The number of hydrogen-bond acceptors (Lipinski definition) is 7. The second-order valence-corrected chi connectivity index (χ2v) is 12.2. The third kappa shape index (κ3) is 6.24. The molecule has 0 amide bonds. The molecule has 2 saturated carbocycles. The Labute approximate surface area is 253 Å². The first-order chi connectivity index (χ1) is 21.2. The molecule has 0 bridgehead atoms. The molecule has 0 radical (unpaired) electrons. The smallest absolute Gasteiger partial charge is 0.356 e. The molecule has 2 fully saturated rings. The van der Waals surface area contributed by atoms with Gasteiger partial charge in [0.2, 0.25) is 0 Å². The van der Waals surface area contributed by atoms with Crippen LogP contribution in [0.3, 0.4) is 0 Å². The van der Waals surface area contributed by atoms with Gasteiger partial charge in [-0.3, -0.25) is 0 Å². The minimum atomic E-state index is -4.44. The Bertz CT molecular complexity index is 1760. The molecule has 0 aliphatic heterocycles. The van der Waals surface area contributed by atoms with E-state index in [0.29, 0.717) is 35.5 Å². The number of aromatic nitrogens is 7. The summed E-state index contributed by atoms with van der Waals surface area (Å²) in [5, 5.41) is 18.3. The molecular weight excluding hydrogens is 567 g/mol. The largest absolute Gasteiger partial charge is 0.416 e. The van der Waals surface area contributed by atoms with Gasteiger partial charge in [0.1, 0.15) is 5.82 Å². The number of anilines is 2. The first-order valence-corrected chi connectivity index (χ1v) is 15.0. The summed E-state index contributed by atoms with van der Waals surface area (Å²) in [7, 11) is 1.67. The van der Waals surface area contributed by atoms with E-state index >= 15 is 0 Å². The Morgan fingerprint density at radius 2 is 1.64 bits per heavy atom. The standard InChI is InChI=1S/C32H34F3N9/c1-21-12-24(14-27(13-21)32(33,34)35)19-43(31-38-40-41(2)39-31)20-26-15-25-16-36-44(28-6-4-3-5-7-28)30(25)37-29(26)42(17-22-8-9-22)18-23-10-11-23/h3-7,12-16,22-23H,8-11,17-20H2,1-2H3. The fraction of sp³-hybridized carbons (Fsp3) is 0.406. The van der Waals surface area contributed by atoms with Crippen LogP contribution in [0.4, 0.5) is 24.9 Å². The van der Waals surface area contributed by atoms with Crippen molar-refractivity contribution in [3.8, 4) is 5.69 Å². The number of fused-ring (bicyclic) bond motifs is 1. The van der Waals surface area contributed by atoms with Crippen LogP contribution < -0.4 is 9.80 Å². The van der Waals surface area contributed by atoms with Crippen molar-refractivity contribution in [2.45, 2.75) is 51.9 Å². The van der Waals surface area contributed by atoms with Crippen LogP contribution >= 0.6 is 0 Å². The van der Waals surface area contributed by atoms with Crippen molar-refractivity contribution < 1.29 is 13.2 Å². The number of halogens is 3. The topological polar surface area (TPSA) is 80.8 Å². The second-order valence-electron chi connectivity index (χ2n) is 12.2. The molecule has 0 saturated heterocycles. The highest BCUT2D eigenvalue weighted by Crippen LogP contribution is 2.38. The van der Waals surface area contributed by atoms with Crippen LogP contribution in [0.5, 0.6) is 0 Å². The van der Waals surface area contributed by atoms with Gasteiger partial charge in [0.15, 0.2) is 5.65 Å². The highest BCUT2D eigenvalue weighted by atomic mass is 19.4. The third-order valence-electron chi connectivity index (χ3n) is 8.23. The van der Waals surface area contributed by atoms with Crippen LogP contribution in [0.25, 0.3) is 16.7 Å². The van der Waals surface area contributed by atoms with Crippen molar-refractivity contribution in [1.82, 2.24) is 35.0 Å². The lowest BCUT2D eigenvalue weighted by molar-refractivity contribution is -0.137. The van der Waals surface area contributed by atoms with Gasteiger partial charge in [0.25, 0.3) is 5.95 Å². The molecule has 5 aromatic rings. The van der Waals surface area contributed by atoms with E-state index in [0.717, 1.165) is 41.2 Å². The zero-order valence-corrected chi connectivity index (χ0v) is 24.7. The van der Waals surface area contributed by atoms with E-state index in [9.17, 15) is 13.2 Å². The van der Waals surface area contributed by atoms with Crippen molar-refractivity contribution in [2.75, 3.05) is 22.9 Å². The van der Waals surface area contributed by atoms with E-state index in [1.165, 1.54) is 42.6 Å². The number of pyridine rings is 1. The van der Waals surface area contributed by atoms with Crippen molar-refractivity contribution in [3.63, 3.8) is 0 Å². The average Bonchev–Trinajstić information content (AvgIpc) is 3.91. The summed E-state index contributed by atoms with van der Waals surface area (Å²) in [4.78, 5) is 10.9. The Morgan fingerprint density at radius 3 is 2.27 bits per heavy atom. The number of benzene rings is 2. The molecule has 44 heavy (non-hydrogen) atoms. The van der Waals surface area contributed by atoms with Gasteiger partial charge < -0.3 is 9.80 Å². The summed E-state index contributed by atoms with van der Waals surface area (Å²) in [5.74, 6) is 2.50. The minimum absolute atomic E-state index is 0.169. The minimum Gasteiger partial charge on any atom is -0.356 e. The van der Waals surface area contributed by atoms with Crippen molar-refractivity contribution >= 4 is 22.8 Å². The number of tetrazole rings is 1. The number of hydrogen-bond donors (Lipinski definition) is 0. The van der Waals surface area contributed by atoms with Gasteiger partial charge >= 0.3 is 6.18 Å². The summed E-state index contributed by atoms with van der Waals surface area (Å²) < 4.78 is 43.0. The van der Waals surface area contributed by atoms with Crippen molar-refractivity contribution in [2.24, 2.45) is 18.9 Å². The molecule has 3 aromatic heterocycles. The molecule has 7 rings (SSSR count). The van der Waals surface area contributed by atoms with E-state index in [2.05, 4.69) is 31.5 Å². The van der Waals surface area contributed by atoms with Gasteiger partial charge in [0, 0.05) is 37.1 Å². The first kappa shape index (κ1) is 28.3. The fourth-order valence-electron chi connectivity index (χ4n) is 5.75. The van der Waals surface area contributed by atoms with Gasteiger partial charge in [-0.15, -0.1) is 5.10 Å². The van der Waals surface area contributed by atoms with Crippen LogP contribution in [0.1, 0.15) is 47.9 Å². The molecule has 0 N–H and O–H groups in total. The monoisotopic (exact) mass is 601 g/mol. The van der Waals surface area contributed by atoms with E-state index in [-0.39, 0.29) is 6.54 Å². The zero-order valence-electron chi connectivity index (χ0n) is 24.7. The van der Waals surface area contributed by atoms with Gasteiger partial charge in [0.05, 0.1) is 24.5 Å². The Balaban J connectivity index is 1.32. The Morgan fingerprint density at radius 1 is 0.909 bits per heavy atom. The number of rotatable bonds is 11. The third-order valence-corrected chi connectivity index (χ3v) is 8.23. The van der Waals surface area contributed by atoms with Crippen LogP contribution in [-0.2, 0) is 26.3 Å². The van der Waals surface area contributed by atoms with Crippen LogP contribution in [0, 0.1) is 18.8 Å². The molecule has 3 heterocycles. The number of para-hydroxylation sites is 1. The highest BCUT2D eigenvalue weighted by Gasteiger charge is 2.33.